The highest BCUT2D eigenvalue weighted by atomic mass is 32.1. The number of hydrogen-bond donors (Lipinski definition) is 3. The van der Waals surface area contributed by atoms with Crippen LogP contribution in [0.2, 0.25) is 0 Å². The quantitative estimate of drug-likeness (QED) is 0.763. The van der Waals surface area contributed by atoms with Gasteiger partial charge in [-0.25, -0.2) is 9.78 Å². The number of carbonyl (C=O) groups is 2. The van der Waals surface area contributed by atoms with Crippen LogP contribution in [0.15, 0.2) is 35.7 Å². The number of hydrogen-bond acceptors (Lipinski definition) is 4. The minimum atomic E-state index is -0.944. The molecule has 7 heteroatoms. The van der Waals surface area contributed by atoms with Crippen LogP contribution in [0, 0.1) is 0 Å². The van der Waals surface area contributed by atoms with Crippen LogP contribution in [0.3, 0.4) is 0 Å². The molecule has 2 aromatic rings. The van der Waals surface area contributed by atoms with Crippen LogP contribution < -0.4 is 10.6 Å². The lowest BCUT2D eigenvalue weighted by Gasteiger charge is -2.11. The van der Waals surface area contributed by atoms with Crippen molar-refractivity contribution in [1.29, 1.82) is 0 Å². The van der Waals surface area contributed by atoms with Gasteiger partial charge in [-0.15, -0.1) is 11.3 Å². The van der Waals surface area contributed by atoms with Crippen molar-refractivity contribution in [2.45, 2.75) is 19.4 Å². The van der Waals surface area contributed by atoms with Crippen LogP contribution in [0.4, 0.5) is 4.79 Å². The Hall–Kier alpha value is -2.41. The number of carboxylic acids is 1. The van der Waals surface area contributed by atoms with E-state index >= 15 is 0 Å². The highest BCUT2D eigenvalue weighted by Gasteiger charge is 2.14. The summed E-state index contributed by atoms with van der Waals surface area (Å²) in [6.45, 7) is 1.94. The molecule has 3 N–H and O–H groups in total. The highest BCUT2D eigenvalue weighted by Crippen LogP contribution is 2.25. The van der Waals surface area contributed by atoms with Crippen LogP contribution in [-0.4, -0.2) is 28.6 Å². The van der Waals surface area contributed by atoms with Crippen molar-refractivity contribution in [1.82, 2.24) is 15.6 Å². The first-order chi connectivity index (χ1) is 10.6. The van der Waals surface area contributed by atoms with E-state index in [9.17, 15) is 9.59 Å². The Bertz CT molecular complexity index is 642. The van der Waals surface area contributed by atoms with Crippen LogP contribution in [0.5, 0.6) is 0 Å². The number of benzene rings is 1. The second-order valence-electron chi connectivity index (χ2n) is 4.70. The second-order valence-corrected chi connectivity index (χ2v) is 5.59. The Morgan fingerprint density at radius 2 is 2.05 bits per heavy atom. The number of carbonyl (C=O) groups excluding carboxylic acids is 1. The molecule has 0 radical (unpaired) electrons. The standard InChI is InChI=1S/C15H17N3O3S/c1-10(17-15(21)16-8-7-13(19)20)14-18-12(9-22-14)11-5-3-2-4-6-11/h2-6,9-10H,7-8H2,1H3,(H,19,20)(H2,16,17,21). The molecule has 0 aliphatic carbocycles. The molecule has 1 aromatic heterocycles. The second kappa shape index (κ2) is 7.56. The van der Waals surface area contributed by atoms with Gasteiger partial charge in [0.2, 0.25) is 0 Å². The summed E-state index contributed by atoms with van der Waals surface area (Å²) in [6.07, 6.45) is -0.1000. The summed E-state index contributed by atoms with van der Waals surface area (Å²) in [5.74, 6) is -0.944. The minimum absolute atomic E-state index is 0.0982. The number of rotatable bonds is 6. The van der Waals surface area contributed by atoms with Crippen LogP contribution in [0.1, 0.15) is 24.4 Å². The fourth-order valence-corrected chi connectivity index (χ4v) is 2.66. The minimum Gasteiger partial charge on any atom is -0.481 e. The first kappa shape index (κ1) is 16.0. The van der Waals surface area contributed by atoms with E-state index in [-0.39, 0.29) is 19.0 Å². The van der Waals surface area contributed by atoms with E-state index in [2.05, 4.69) is 15.6 Å². The third-order valence-electron chi connectivity index (χ3n) is 2.93. The molecular formula is C15H17N3O3S. The molecule has 0 bridgehead atoms. The van der Waals surface area contributed by atoms with Gasteiger partial charge in [-0.2, -0.15) is 0 Å². The maximum absolute atomic E-state index is 11.6. The van der Waals surface area contributed by atoms with E-state index in [0.717, 1.165) is 16.3 Å². The molecule has 22 heavy (non-hydrogen) atoms. The average Bonchev–Trinajstić information content (AvgIpc) is 2.97. The fourth-order valence-electron chi connectivity index (χ4n) is 1.82. The molecule has 1 atom stereocenters. The summed E-state index contributed by atoms with van der Waals surface area (Å²) >= 11 is 1.48. The number of aromatic nitrogens is 1. The first-order valence-electron chi connectivity index (χ1n) is 6.83. The molecule has 116 valence electrons. The van der Waals surface area contributed by atoms with Gasteiger partial charge in [0.25, 0.3) is 0 Å². The van der Waals surface area contributed by atoms with Gasteiger partial charge in [0.05, 0.1) is 18.2 Å². The van der Waals surface area contributed by atoms with E-state index in [1.165, 1.54) is 11.3 Å². The van der Waals surface area contributed by atoms with E-state index < -0.39 is 12.0 Å². The zero-order valence-electron chi connectivity index (χ0n) is 12.1. The number of carboxylic acid groups (broad SMARTS) is 1. The number of nitrogens with zero attached hydrogens (tertiary/aromatic N) is 1. The van der Waals surface area contributed by atoms with E-state index in [0.29, 0.717) is 0 Å². The fraction of sp³-hybridized carbons (Fsp3) is 0.267. The first-order valence-corrected chi connectivity index (χ1v) is 7.71. The van der Waals surface area contributed by atoms with Crippen molar-refractivity contribution in [3.8, 4) is 11.3 Å². The number of thiazole rings is 1. The van der Waals surface area contributed by atoms with Crippen molar-refractivity contribution in [2.75, 3.05) is 6.54 Å². The number of amides is 2. The molecule has 0 fully saturated rings. The predicted molar refractivity (Wildman–Crippen MR) is 84.8 cm³/mol. The monoisotopic (exact) mass is 319 g/mol. The normalized spacial score (nSPS) is 11.7. The predicted octanol–water partition coefficient (Wildman–Crippen LogP) is 2.65. The van der Waals surface area contributed by atoms with Gasteiger partial charge in [-0.1, -0.05) is 30.3 Å². The Balaban J connectivity index is 1.90. The van der Waals surface area contributed by atoms with Crippen molar-refractivity contribution in [3.63, 3.8) is 0 Å². The number of aliphatic carboxylic acids is 1. The lowest BCUT2D eigenvalue weighted by molar-refractivity contribution is -0.136. The number of nitrogens with one attached hydrogen (secondary N) is 2. The molecule has 1 heterocycles. The van der Waals surface area contributed by atoms with Gasteiger partial charge in [0.15, 0.2) is 0 Å². The Morgan fingerprint density at radius 1 is 1.32 bits per heavy atom. The summed E-state index contributed by atoms with van der Waals surface area (Å²) in [6, 6.07) is 9.17. The molecule has 0 aliphatic rings. The Morgan fingerprint density at radius 3 is 2.73 bits per heavy atom. The molecule has 0 spiro atoms. The van der Waals surface area contributed by atoms with Crippen LogP contribution in [-0.2, 0) is 4.79 Å². The van der Waals surface area contributed by atoms with Crippen molar-refractivity contribution in [3.05, 3.63) is 40.7 Å². The van der Waals surface area contributed by atoms with Crippen molar-refractivity contribution in [2.24, 2.45) is 0 Å². The van der Waals surface area contributed by atoms with Gasteiger partial charge >= 0.3 is 12.0 Å². The van der Waals surface area contributed by atoms with E-state index in [1.54, 1.807) is 0 Å². The van der Waals surface area contributed by atoms with Crippen LogP contribution >= 0.6 is 11.3 Å². The van der Waals surface area contributed by atoms with Crippen molar-refractivity contribution >= 4 is 23.3 Å². The number of urea groups is 1. The summed E-state index contributed by atoms with van der Waals surface area (Å²) in [7, 11) is 0. The maximum atomic E-state index is 11.6. The molecule has 2 amide bonds. The molecule has 2 rings (SSSR count). The molecule has 0 saturated heterocycles. The third kappa shape index (κ3) is 4.56. The van der Waals surface area contributed by atoms with Gasteiger partial charge in [0, 0.05) is 17.5 Å². The third-order valence-corrected chi connectivity index (χ3v) is 3.96. The van der Waals surface area contributed by atoms with Crippen molar-refractivity contribution < 1.29 is 14.7 Å². The summed E-state index contributed by atoms with van der Waals surface area (Å²) in [4.78, 5) is 26.6. The topological polar surface area (TPSA) is 91.3 Å². The summed E-state index contributed by atoms with van der Waals surface area (Å²) in [5.41, 5.74) is 1.91. The lowest BCUT2D eigenvalue weighted by atomic mass is 10.2. The van der Waals surface area contributed by atoms with E-state index in [4.69, 9.17) is 5.11 Å². The smallest absolute Gasteiger partial charge is 0.315 e. The molecule has 1 aromatic carbocycles. The molecule has 1 unspecified atom stereocenters. The molecule has 0 aliphatic heterocycles. The Kier molecular flexibility index (Phi) is 5.48. The highest BCUT2D eigenvalue weighted by molar-refractivity contribution is 7.10. The van der Waals surface area contributed by atoms with Gasteiger partial charge in [-0.3, -0.25) is 4.79 Å². The summed E-state index contributed by atoms with van der Waals surface area (Å²) in [5, 5.41) is 16.5. The van der Waals surface area contributed by atoms with Gasteiger partial charge in [-0.05, 0) is 6.92 Å². The van der Waals surface area contributed by atoms with Gasteiger partial charge < -0.3 is 15.7 Å². The average molecular weight is 319 g/mol. The van der Waals surface area contributed by atoms with E-state index in [1.807, 2.05) is 42.6 Å². The molecule has 0 saturated carbocycles. The zero-order valence-corrected chi connectivity index (χ0v) is 12.9. The largest absolute Gasteiger partial charge is 0.481 e. The Labute approximate surface area is 132 Å². The molecular weight excluding hydrogens is 302 g/mol. The van der Waals surface area contributed by atoms with Crippen LogP contribution in [0.25, 0.3) is 11.3 Å². The zero-order chi connectivity index (χ0) is 15.9. The van der Waals surface area contributed by atoms with Gasteiger partial charge in [0.1, 0.15) is 5.01 Å². The molecule has 6 nitrogen and oxygen atoms in total. The lowest BCUT2D eigenvalue weighted by Crippen LogP contribution is -2.38. The maximum Gasteiger partial charge on any atom is 0.315 e. The summed E-state index contributed by atoms with van der Waals surface area (Å²) < 4.78 is 0. The SMILES string of the molecule is CC(NC(=O)NCCC(=O)O)c1nc(-c2ccccc2)cs1.